The number of carbonyl (C=O) groups is 3. The smallest absolute Gasteiger partial charge is 0.328 e. The van der Waals surface area contributed by atoms with Gasteiger partial charge in [-0.15, -0.1) is 0 Å². The number of amides is 3. The summed E-state index contributed by atoms with van der Waals surface area (Å²) >= 11 is 0. The van der Waals surface area contributed by atoms with E-state index in [1.54, 1.807) is 53.9 Å². The number of methoxy groups -OCH3 is 1. The number of hydrogen-bond acceptors (Lipinski definition) is 8. The van der Waals surface area contributed by atoms with Crippen LogP contribution in [0.3, 0.4) is 0 Å². The largest absolute Gasteiger partial charge is 0.494 e. The van der Waals surface area contributed by atoms with Crippen LogP contribution in [0.5, 0.6) is 5.75 Å². The summed E-state index contributed by atoms with van der Waals surface area (Å²) in [4.78, 5) is 58.8. The Morgan fingerprint density at radius 2 is 1.81 bits per heavy atom. The molecule has 12 nitrogen and oxygen atoms in total. The van der Waals surface area contributed by atoms with Crippen molar-refractivity contribution in [2.24, 2.45) is 14.1 Å². The predicted molar refractivity (Wildman–Crippen MR) is 199 cm³/mol. The number of piperidine rings is 1. The van der Waals surface area contributed by atoms with Crippen molar-refractivity contribution in [1.82, 2.24) is 29.7 Å². The maximum Gasteiger partial charge on any atom is 0.328 e. The Kier molecular flexibility index (Phi) is 8.31. The Labute approximate surface area is 302 Å². The van der Waals surface area contributed by atoms with E-state index in [1.807, 2.05) is 54.7 Å². The molecule has 53 heavy (non-hydrogen) atoms. The topological polar surface area (TPSA) is 150 Å². The Balaban J connectivity index is 0.984. The van der Waals surface area contributed by atoms with Crippen LogP contribution >= 0.6 is 0 Å². The standard InChI is InChI=1S/C41H32N6O6/c1-46-33-12-10-25(18-34(33)47(2)41(46)51)27-8-4-7-24-17-32(43-21-30(24)27)26-19-36(52-3)38(44-20-26)40(50)42-15-5-6-23-9-13-35-29(16-23)31(22-53-35)28-11-14-37(48)45-39(28)49/h4,7-10,12-13,16-22,28H,11,14-15H2,1-3H3,(H,42,50)(H,45,48,49). The van der Waals surface area contributed by atoms with Gasteiger partial charge in [-0.2, -0.15) is 0 Å². The summed E-state index contributed by atoms with van der Waals surface area (Å²) < 4.78 is 14.5. The third-order valence-corrected chi connectivity index (χ3v) is 9.72. The number of rotatable bonds is 6. The van der Waals surface area contributed by atoms with Gasteiger partial charge in [-0.3, -0.25) is 33.8 Å². The number of aryl methyl sites for hydroxylation is 2. The van der Waals surface area contributed by atoms with Crippen LogP contribution in [0.2, 0.25) is 0 Å². The van der Waals surface area contributed by atoms with Gasteiger partial charge in [0.2, 0.25) is 11.8 Å². The fourth-order valence-electron chi connectivity index (χ4n) is 6.91. The van der Waals surface area contributed by atoms with Crippen LogP contribution in [0.1, 0.15) is 40.4 Å². The second kappa shape index (κ2) is 13.3. The SMILES string of the molecule is COc1cc(-c2cc3cccc(-c4ccc5c(c4)n(C)c(=O)n5C)c3cn2)cnc1C(=O)NCC#Cc1ccc2occ(C3CCC(=O)NC3=O)c2c1. The molecule has 2 N–H and O–H groups in total. The van der Waals surface area contributed by atoms with Crippen molar-refractivity contribution < 1.29 is 23.5 Å². The first-order valence-electron chi connectivity index (χ1n) is 16.9. The number of nitrogens with zero attached hydrogens (tertiary/aromatic N) is 4. The van der Waals surface area contributed by atoms with Gasteiger partial charge in [0.1, 0.15) is 5.58 Å². The van der Waals surface area contributed by atoms with E-state index in [0.717, 1.165) is 38.3 Å². The second-order valence-electron chi connectivity index (χ2n) is 12.9. The van der Waals surface area contributed by atoms with Gasteiger partial charge in [0, 0.05) is 60.4 Å². The average Bonchev–Trinajstić information content (AvgIpc) is 3.69. The molecule has 3 amide bonds. The number of fused-ring (bicyclic) bond motifs is 3. The first-order valence-corrected chi connectivity index (χ1v) is 16.9. The lowest BCUT2D eigenvalue weighted by atomic mass is 9.90. The summed E-state index contributed by atoms with van der Waals surface area (Å²) in [6.07, 6.45) is 5.65. The van der Waals surface area contributed by atoms with Crippen LogP contribution in [0.25, 0.3) is 55.2 Å². The van der Waals surface area contributed by atoms with Crippen molar-refractivity contribution in [2.45, 2.75) is 18.8 Å². The molecule has 1 fully saturated rings. The molecule has 0 saturated carbocycles. The van der Waals surface area contributed by atoms with E-state index in [0.29, 0.717) is 34.4 Å². The highest BCUT2D eigenvalue weighted by atomic mass is 16.5. The van der Waals surface area contributed by atoms with Crippen LogP contribution in [-0.2, 0) is 23.7 Å². The molecule has 0 bridgehead atoms. The van der Waals surface area contributed by atoms with E-state index in [-0.39, 0.29) is 41.9 Å². The summed E-state index contributed by atoms with van der Waals surface area (Å²) in [5.41, 5.74) is 7.05. The van der Waals surface area contributed by atoms with Gasteiger partial charge in [-0.1, -0.05) is 36.1 Å². The van der Waals surface area contributed by atoms with Crippen LogP contribution < -0.4 is 21.1 Å². The zero-order valence-electron chi connectivity index (χ0n) is 29.0. The van der Waals surface area contributed by atoms with Gasteiger partial charge < -0.3 is 14.5 Å². The molecule has 262 valence electrons. The quantitative estimate of drug-likeness (QED) is 0.177. The van der Waals surface area contributed by atoms with Crippen LogP contribution in [0, 0.1) is 11.8 Å². The van der Waals surface area contributed by atoms with E-state index < -0.39 is 11.8 Å². The monoisotopic (exact) mass is 704 g/mol. The lowest BCUT2D eigenvalue weighted by molar-refractivity contribution is -0.134. The zero-order valence-corrected chi connectivity index (χ0v) is 29.0. The fraction of sp³-hybridized carbons (Fsp3) is 0.171. The van der Waals surface area contributed by atoms with Gasteiger partial charge in [0.05, 0.1) is 42.6 Å². The van der Waals surface area contributed by atoms with Crippen molar-refractivity contribution >= 4 is 50.5 Å². The Morgan fingerprint density at radius 1 is 0.962 bits per heavy atom. The maximum absolute atomic E-state index is 13.1. The number of pyridine rings is 2. The van der Waals surface area contributed by atoms with Crippen molar-refractivity contribution in [1.29, 1.82) is 0 Å². The number of imide groups is 1. The van der Waals surface area contributed by atoms with Crippen molar-refractivity contribution in [3.63, 3.8) is 0 Å². The third kappa shape index (κ3) is 5.98. The normalized spacial score (nSPS) is 14.3. The van der Waals surface area contributed by atoms with Gasteiger partial charge in [0.15, 0.2) is 11.4 Å². The lowest BCUT2D eigenvalue weighted by Crippen LogP contribution is -2.39. The first-order chi connectivity index (χ1) is 25.7. The molecule has 8 rings (SSSR count). The molecule has 7 aromatic rings. The number of furan rings is 1. The molecule has 1 saturated heterocycles. The van der Waals surface area contributed by atoms with Gasteiger partial charge >= 0.3 is 5.69 Å². The summed E-state index contributed by atoms with van der Waals surface area (Å²) in [6.45, 7) is 0.0525. The number of benzene rings is 3. The Hall–Kier alpha value is -7.00. The molecule has 0 radical (unpaired) electrons. The molecule has 4 aromatic heterocycles. The Bertz CT molecular complexity index is 2780. The summed E-state index contributed by atoms with van der Waals surface area (Å²) in [6, 6.07) is 21.1. The van der Waals surface area contributed by atoms with E-state index in [9.17, 15) is 19.2 Å². The van der Waals surface area contributed by atoms with Crippen molar-refractivity contribution in [3.05, 3.63) is 113 Å². The minimum absolute atomic E-state index is 0.0525. The number of aromatic nitrogens is 4. The highest BCUT2D eigenvalue weighted by Crippen LogP contribution is 2.34. The average molecular weight is 705 g/mol. The number of ether oxygens (including phenoxy) is 1. The molecule has 3 aromatic carbocycles. The zero-order chi connectivity index (χ0) is 36.8. The van der Waals surface area contributed by atoms with E-state index in [1.165, 1.54) is 7.11 Å². The molecule has 0 spiro atoms. The predicted octanol–water partition coefficient (Wildman–Crippen LogP) is 5.21. The van der Waals surface area contributed by atoms with E-state index in [4.69, 9.17) is 14.1 Å². The van der Waals surface area contributed by atoms with Gasteiger partial charge in [-0.05, 0) is 65.4 Å². The molecule has 5 heterocycles. The minimum Gasteiger partial charge on any atom is -0.494 e. The summed E-state index contributed by atoms with van der Waals surface area (Å²) in [5, 5.41) is 7.84. The van der Waals surface area contributed by atoms with Gasteiger partial charge in [0.25, 0.3) is 5.91 Å². The molecular formula is C41H32N6O6. The summed E-state index contributed by atoms with van der Waals surface area (Å²) in [5.74, 6) is 4.77. The lowest BCUT2D eigenvalue weighted by Gasteiger charge is -2.19. The summed E-state index contributed by atoms with van der Waals surface area (Å²) in [7, 11) is 5.01. The highest BCUT2D eigenvalue weighted by molar-refractivity contribution is 6.03. The van der Waals surface area contributed by atoms with E-state index in [2.05, 4.69) is 27.5 Å². The molecule has 12 heteroatoms. The first kappa shape index (κ1) is 33.2. The second-order valence-corrected chi connectivity index (χ2v) is 12.9. The molecule has 1 aliphatic heterocycles. The number of hydrogen-bond donors (Lipinski definition) is 2. The third-order valence-electron chi connectivity index (χ3n) is 9.72. The van der Waals surface area contributed by atoms with Crippen LogP contribution in [0.15, 0.2) is 94.6 Å². The van der Waals surface area contributed by atoms with Crippen molar-refractivity contribution in [2.75, 3.05) is 13.7 Å². The van der Waals surface area contributed by atoms with Crippen LogP contribution in [-0.4, -0.2) is 50.5 Å². The molecule has 0 aliphatic carbocycles. The molecule has 1 unspecified atom stereocenters. The highest BCUT2D eigenvalue weighted by Gasteiger charge is 2.30. The number of imidazole rings is 1. The minimum atomic E-state index is -0.476. The number of carbonyl (C=O) groups excluding carboxylic acids is 3. The number of nitrogens with one attached hydrogen (secondary N) is 2. The Morgan fingerprint density at radius 3 is 2.64 bits per heavy atom. The molecule has 1 aliphatic rings. The fourth-order valence-corrected chi connectivity index (χ4v) is 6.91. The molecular weight excluding hydrogens is 672 g/mol. The van der Waals surface area contributed by atoms with Crippen LogP contribution in [0.4, 0.5) is 0 Å². The van der Waals surface area contributed by atoms with Gasteiger partial charge in [-0.25, -0.2) is 9.78 Å². The molecule has 1 atom stereocenters. The van der Waals surface area contributed by atoms with Crippen molar-refractivity contribution in [3.8, 4) is 40.0 Å². The maximum atomic E-state index is 13.1. The van der Waals surface area contributed by atoms with E-state index >= 15 is 0 Å².